The van der Waals surface area contributed by atoms with Crippen molar-refractivity contribution in [3.8, 4) is 0 Å². The molecule has 3 rings (SSSR count). The molecule has 0 aliphatic heterocycles. The molecule has 0 spiro atoms. The topological polar surface area (TPSA) is 49.5 Å². The zero-order chi connectivity index (χ0) is 15.9. The van der Waals surface area contributed by atoms with E-state index in [0.29, 0.717) is 16.5 Å². The first-order valence-electron chi connectivity index (χ1n) is 7.93. The van der Waals surface area contributed by atoms with Crippen LogP contribution in [0.15, 0.2) is 16.5 Å². The summed E-state index contributed by atoms with van der Waals surface area (Å²) in [6, 6.07) is 4.21. The fraction of sp³-hybridized carbons (Fsp3) is 0.588. The number of likely N-dealkylation sites (N-methyl/N-ethyl adjacent to an activating group) is 1. The van der Waals surface area contributed by atoms with Crippen molar-refractivity contribution in [3.05, 3.63) is 28.6 Å². The van der Waals surface area contributed by atoms with Gasteiger partial charge in [-0.05, 0) is 44.0 Å². The van der Waals surface area contributed by atoms with Crippen LogP contribution in [0.4, 0.5) is 0 Å². The van der Waals surface area contributed by atoms with E-state index in [0.717, 1.165) is 36.9 Å². The molecule has 5 heteroatoms. The zero-order valence-electron chi connectivity index (χ0n) is 13.3. The molecule has 0 radical (unpaired) electrons. The SMILES string of the molecule is CC(C)c1nc2cc(CN(C)[C@H]3CCC[C@@H]3O)cc(Cl)c2o1. The first kappa shape index (κ1) is 15.8. The van der Waals surface area contributed by atoms with Gasteiger partial charge in [-0.1, -0.05) is 25.4 Å². The second-order valence-corrected chi connectivity index (χ2v) is 7.02. The monoisotopic (exact) mass is 322 g/mol. The van der Waals surface area contributed by atoms with E-state index in [-0.39, 0.29) is 18.1 Å². The largest absolute Gasteiger partial charge is 0.439 e. The quantitative estimate of drug-likeness (QED) is 0.926. The van der Waals surface area contributed by atoms with Gasteiger partial charge in [-0.3, -0.25) is 4.90 Å². The molecule has 0 bridgehead atoms. The van der Waals surface area contributed by atoms with Crippen LogP contribution in [0.5, 0.6) is 0 Å². The lowest BCUT2D eigenvalue weighted by molar-refractivity contribution is 0.0825. The number of hydrogen-bond acceptors (Lipinski definition) is 4. The average molecular weight is 323 g/mol. The normalized spacial score (nSPS) is 22.3. The number of nitrogens with zero attached hydrogens (tertiary/aromatic N) is 2. The van der Waals surface area contributed by atoms with Crippen LogP contribution < -0.4 is 0 Å². The van der Waals surface area contributed by atoms with E-state index in [1.165, 1.54) is 0 Å². The number of oxazole rings is 1. The molecule has 1 aliphatic rings. The van der Waals surface area contributed by atoms with Crippen molar-refractivity contribution in [3.63, 3.8) is 0 Å². The van der Waals surface area contributed by atoms with Crippen LogP contribution in [0.2, 0.25) is 5.02 Å². The minimum Gasteiger partial charge on any atom is -0.439 e. The van der Waals surface area contributed by atoms with Crippen LogP contribution in [-0.4, -0.2) is 34.2 Å². The second-order valence-electron chi connectivity index (χ2n) is 6.61. The lowest BCUT2D eigenvalue weighted by Crippen LogP contribution is -2.36. The van der Waals surface area contributed by atoms with Crippen molar-refractivity contribution in [1.82, 2.24) is 9.88 Å². The van der Waals surface area contributed by atoms with Gasteiger partial charge in [0.25, 0.3) is 0 Å². The molecule has 22 heavy (non-hydrogen) atoms. The molecule has 0 saturated heterocycles. The molecule has 4 nitrogen and oxygen atoms in total. The van der Waals surface area contributed by atoms with Crippen LogP contribution in [-0.2, 0) is 6.54 Å². The molecule has 1 heterocycles. The number of rotatable bonds is 4. The third-order valence-electron chi connectivity index (χ3n) is 4.46. The summed E-state index contributed by atoms with van der Waals surface area (Å²) in [7, 11) is 2.06. The summed E-state index contributed by atoms with van der Waals surface area (Å²) in [4.78, 5) is 6.74. The number of aliphatic hydroxyl groups excluding tert-OH is 1. The summed E-state index contributed by atoms with van der Waals surface area (Å²) in [6.45, 7) is 4.85. The molecule has 1 aromatic heterocycles. The average Bonchev–Trinajstić information content (AvgIpc) is 3.04. The first-order chi connectivity index (χ1) is 10.5. The Bertz CT molecular complexity index is 668. The Kier molecular flexibility index (Phi) is 4.44. The number of benzene rings is 1. The highest BCUT2D eigenvalue weighted by molar-refractivity contribution is 6.34. The van der Waals surface area contributed by atoms with Gasteiger partial charge in [-0.25, -0.2) is 4.98 Å². The summed E-state index contributed by atoms with van der Waals surface area (Å²) in [5, 5.41) is 10.6. The minimum absolute atomic E-state index is 0.219. The third kappa shape index (κ3) is 3.00. The standard InChI is InChI=1S/C17H23ClN2O2/c1-10(2)17-19-13-8-11(7-12(18)16(13)22-17)9-20(3)14-5-4-6-15(14)21/h7-8,10,14-15,21H,4-6,9H2,1-3H3/t14-,15-/m0/s1. The smallest absolute Gasteiger partial charge is 0.198 e. The van der Waals surface area contributed by atoms with E-state index >= 15 is 0 Å². The van der Waals surface area contributed by atoms with E-state index in [1.807, 2.05) is 12.1 Å². The molecule has 1 N–H and O–H groups in total. The maximum absolute atomic E-state index is 10.0. The summed E-state index contributed by atoms with van der Waals surface area (Å²) in [6.07, 6.45) is 2.82. The number of aromatic nitrogens is 1. The summed E-state index contributed by atoms with van der Waals surface area (Å²) in [5.41, 5.74) is 2.58. The lowest BCUT2D eigenvalue weighted by atomic mass is 10.1. The van der Waals surface area contributed by atoms with Crippen molar-refractivity contribution in [2.24, 2.45) is 0 Å². The maximum Gasteiger partial charge on any atom is 0.198 e. The van der Waals surface area contributed by atoms with Gasteiger partial charge in [0.2, 0.25) is 0 Å². The molecule has 2 atom stereocenters. The summed E-state index contributed by atoms with van der Waals surface area (Å²) >= 11 is 6.35. The van der Waals surface area contributed by atoms with E-state index in [4.69, 9.17) is 16.0 Å². The Morgan fingerprint density at radius 2 is 2.18 bits per heavy atom. The molecule has 2 aromatic rings. The fourth-order valence-electron chi connectivity index (χ4n) is 3.24. The highest BCUT2D eigenvalue weighted by Gasteiger charge is 2.28. The molecule has 1 aromatic carbocycles. The Labute approximate surface area is 136 Å². The van der Waals surface area contributed by atoms with E-state index in [9.17, 15) is 5.11 Å². The highest BCUT2D eigenvalue weighted by Crippen LogP contribution is 2.30. The molecule has 1 fully saturated rings. The minimum atomic E-state index is -0.219. The predicted octanol–water partition coefficient (Wildman–Crippen LogP) is 3.95. The molecular weight excluding hydrogens is 300 g/mol. The highest BCUT2D eigenvalue weighted by atomic mass is 35.5. The van der Waals surface area contributed by atoms with Crippen molar-refractivity contribution in [1.29, 1.82) is 0 Å². The predicted molar refractivity (Wildman–Crippen MR) is 88.2 cm³/mol. The van der Waals surface area contributed by atoms with Crippen LogP contribution in [0.25, 0.3) is 11.1 Å². The molecule has 1 saturated carbocycles. The Hall–Kier alpha value is -1.10. The van der Waals surface area contributed by atoms with Gasteiger partial charge in [0.1, 0.15) is 5.52 Å². The van der Waals surface area contributed by atoms with Gasteiger partial charge in [-0.15, -0.1) is 0 Å². The molecule has 0 amide bonds. The summed E-state index contributed by atoms with van der Waals surface area (Å²) in [5.74, 6) is 0.955. The molecule has 0 unspecified atom stereocenters. The Balaban J connectivity index is 1.84. The third-order valence-corrected chi connectivity index (χ3v) is 4.74. The van der Waals surface area contributed by atoms with Gasteiger partial charge in [0.15, 0.2) is 11.5 Å². The van der Waals surface area contributed by atoms with Gasteiger partial charge >= 0.3 is 0 Å². The van der Waals surface area contributed by atoms with Crippen LogP contribution >= 0.6 is 11.6 Å². The van der Waals surface area contributed by atoms with Crippen molar-refractivity contribution < 1.29 is 9.52 Å². The second kappa shape index (κ2) is 6.19. The van der Waals surface area contributed by atoms with Gasteiger partial charge in [-0.2, -0.15) is 0 Å². The Morgan fingerprint density at radius 3 is 2.82 bits per heavy atom. The molecular formula is C17H23ClN2O2. The first-order valence-corrected chi connectivity index (χ1v) is 8.30. The molecule has 1 aliphatic carbocycles. The van der Waals surface area contributed by atoms with Gasteiger partial charge in [0, 0.05) is 18.5 Å². The lowest BCUT2D eigenvalue weighted by Gasteiger charge is -2.27. The number of halogens is 1. The Morgan fingerprint density at radius 1 is 1.41 bits per heavy atom. The van der Waals surface area contributed by atoms with Crippen molar-refractivity contribution >= 4 is 22.7 Å². The van der Waals surface area contributed by atoms with E-state index in [2.05, 4.69) is 30.8 Å². The molecule has 120 valence electrons. The van der Waals surface area contributed by atoms with Crippen molar-refractivity contribution in [2.45, 2.75) is 57.7 Å². The van der Waals surface area contributed by atoms with E-state index in [1.54, 1.807) is 0 Å². The van der Waals surface area contributed by atoms with Gasteiger partial charge < -0.3 is 9.52 Å². The van der Waals surface area contributed by atoms with Crippen LogP contribution in [0.1, 0.15) is 50.5 Å². The number of hydrogen-bond donors (Lipinski definition) is 1. The number of fused-ring (bicyclic) bond motifs is 1. The fourth-order valence-corrected chi connectivity index (χ4v) is 3.52. The van der Waals surface area contributed by atoms with Crippen LogP contribution in [0, 0.1) is 0 Å². The van der Waals surface area contributed by atoms with Crippen molar-refractivity contribution in [2.75, 3.05) is 7.05 Å². The summed E-state index contributed by atoms with van der Waals surface area (Å²) < 4.78 is 5.74. The van der Waals surface area contributed by atoms with E-state index < -0.39 is 0 Å². The van der Waals surface area contributed by atoms with Gasteiger partial charge in [0.05, 0.1) is 11.1 Å². The van der Waals surface area contributed by atoms with Crippen LogP contribution in [0.3, 0.4) is 0 Å². The zero-order valence-corrected chi connectivity index (χ0v) is 14.1. The number of aliphatic hydroxyl groups is 1. The maximum atomic E-state index is 10.0.